The van der Waals surface area contributed by atoms with E-state index in [2.05, 4.69) is 37.4 Å². The summed E-state index contributed by atoms with van der Waals surface area (Å²) in [7, 11) is 4.06. The molecular weight excluding hydrogens is 414 g/mol. The second kappa shape index (κ2) is 10.1. The molecule has 0 aliphatic heterocycles. The first-order chi connectivity index (χ1) is 7.36. The second-order valence-corrected chi connectivity index (χ2v) is 14.0. The van der Waals surface area contributed by atoms with Crippen molar-refractivity contribution < 1.29 is 0 Å². The molecular formula is C8H12S5Se2. The fourth-order valence-electron chi connectivity index (χ4n) is 0.667. The van der Waals surface area contributed by atoms with Crippen molar-refractivity contribution >= 4 is 92.2 Å². The van der Waals surface area contributed by atoms with E-state index in [1.165, 1.54) is 11.5 Å². The van der Waals surface area contributed by atoms with E-state index in [0.717, 1.165) is 11.5 Å². The van der Waals surface area contributed by atoms with Crippen LogP contribution in [0.4, 0.5) is 0 Å². The molecule has 0 atom stereocenters. The monoisotopic (exact) mass is 428 g/mol. The van der Waals surface area contributed by atoms with E-state index < -0.39 is 0 Å². The van der Waals surface area contributed by atoms with Gasteiger partial charge in [-0.1, -0.05) is 0 Å². The van der Waals surface area contributed by atoms with Gasteiger partial charge in [-0.05, 0) is 0 Å². The molecule has 0 radical (unpaired) electrons. The van der Waals surface area contributed by atoms with E-state index in [0.29, 0.717) is 27.7 Å². The van der Waals surface area contributed by atoms with Gasteiger partial charge in [0, 0.05) is 0 Å². The van der Waals surface area contributed by atoms with Gasteiger partial charge in [0.2, 0.25) is 0 Å². The van der Waals surface area contributed by atoms with Crippen molar-refractivity contribution in [3.8, 4) is 0 Å². The van der Waals surface area contributed by atoms with Crippen LogP contribution in [0.3, 0.4) is 0 Å². The molecule has 0 fully saturated rings. The van der Waals surface area contributed by atoms with Gasteiger partial charge in [-0.2, -0.15) is 0 Å². The third kappa shape index (κ3) is 7.22. The van der Waals surface area contributed by atoms with Crippen LogP contribution in [-0.2, 0) is 0 Å². The summed E-state index contributed by atoms with van der Waals surface area (Å²) in [5, 5.41) is 0. The summed E-state index contributed by atoms with van der Waals surface area (Å²) in [6, 6.07) is 4.60. The topological polar surface area (TPSA) is 0 Å². The average Bonchev–Trinajstić information content (AvgIpc) is 2.67. The van der Waals surface area contributed by atoms with Crippen molar-refractivity contribution in [3.05, 3.63) is 12.1 Å². The predicted molar refractivity (Wildman–Crippen MR) is 87.7 cm³/mol. The molecule has 0 aliphatic rings. The molecule has 86 valence electrons. The first-order valence-electron chi connectivity index (χ1n) is 4.27. The summed E-state index contributed by atoms with van der Waals surface area (Å²) in [5.74, 6) is 4.34. The molecule has 0 nitrogen and oxygen atoms in total. The summed E-state index contributed by atoms with van der Waals surface area (Å²) < 4.78 is 3.13. The molecule has 1 aromatic rings. The van der Waals surface area contributed by atoms with Gasteiger partial charge in [-0.15, -0.1) is 0 Å². The molecule has 0 amide bonds. The van der Waals surface area contributed by atoms with Gasteiger partial charge in [0.15, 0.2) is 0 Å². The number of rotatable bonds is 8. The second-order valence-electron chi connectivity index (χ2n) is 2.33. The van der Waals surface area contributed by atoms with Crippen molar-refractivity contribution in [2.75, 3.05) is 23.0 Å². The fourth-order valence-corrected chi connectivity index (χ4v) is 13.5. The Bertz CT molecular complexity index is 241. The van der Waals surface area contributed by atoms with E-state index in [9.17, 15) is 0 Å². The van der Waals surface area contributed by atoms with Gasteiger partial charge >= 0.3 is 127 Å². The molecule has 0 N–H and O–H groups in total. The minimum atomic E-state index is 0.607. The first-order valence-corrected chi connectivity index (χ1v) is 14.1. The van der Waals surface area contributed by atoms with Crippen LogP contribution >= 0.6 is 57.0 Å². The van der Waals surface area contributed by atoms with Crippen LogP contribution in [0.1, 0.15) is 0 Å². The van der Waals surface area contributed by atoms with Crippen molar-refractivity contribution in [1.82, 2.24) is 0 Å². The molecule has 0 spiro atoms. The molecule has 0 unspecified atom stereocenters. The van der Waals surface area contributed by atoms with Gasteiger partial charge in [-0.25, -0.2) is 0 Å². The van der Waals surface area contributed by atoms with Crippen LogP contribution in [0, 0.1) is 0 Å². The van der Waals surface area contributed by atoms with Crippen LogP contribution in [0.2, 0.25) is 0 Å². The molecule has 0 aliphatic carbocycles. The van der Waals surface area contributed by atoms with Crippen LogP contribution in [-0.4, -0.2) is 50.7 Å². The Morgan fingerprint density at radius 1 is 1.00 bits per heavy atom. The number of thiophene rings is 1. The number of hydrogen-bond donors (Lipinski definition) is 2. The zero-order valence-electron chi connectivity index (χ0n) is 7.92. The standard InChI is InChI=1S/C8H12S5Se2/c9-3-5-11-14-7-1-2-8(13-7)15-12-6-4-10/h1-2,9-10H,3-6H2. The minimum absolute atomic E-state index is 0.607. The van der Waals surface area contributed by atoms with Crippen molar-refractivity contribution in [2.24, 2.45) is 0 Å². The first kappa shape index (κ1) is 15.2. The van der Waals surface area contributed by atoms with Gasteiger partial charge in [0.25, 0.3) is 0 Å². The van der Waals surface area contributed by atoms with Gasteiger partial charge in [-0.3, -0.25) is 0 Å². The van der Waals surface area contributed by atoms with Gasteiger partial charge < -0.3 is 0 Å². The quantitative estimate of drug-likeness (QED) is 0.368. The van der Waals surface area contributed by atoms with Crippen molar-refractivity contribution in [2.45, 2.75) is 0 Å². The molecule has 1 rings (SSSR count). The fraction of sp³-hybridized carbons (Fsp3) is 0.500. The molecule has 0 aromatic carbocycles. The average molecular weight is 426 g/mol. The van der Waals surface area contributed by atoms with Crippen LogP contribution in [0.5, 0.6) is 0 Å². The number of thiol groups is 2. The normalized spacial score (nSPS) is 10.8. The maximum absolute atomic E-state index is 4.21. The third-order valence-corrected chi connectivity index (χ3v) is 13.6. The maximum atomic E-state index is 4.21. The molecule has 1 aromatic heterocycles. The van der Waals surface area contributed by atoms with E-state index in [1.807, 2.05) is 31.7 Å². The molecule has 7 heteroatoms. The Labute approximate surface area is 126 Å². The summed E-state index contributed by atoms with van der Waals surface area (Å²) in [6.45, 7) is 0. The van der Waals surface area contributed by atoms with Crippen molar-refractivity contribution in [3.63, 3.8) is 0 Å². The summed E-state index contributed by atoms with van der Waals surface area (Å²) in [6.07, 6.45) is 0. The van der Waals surface area contributed by atoms with E-state index in [-0.39, 0.29) is 0 Å². The number of hydrogen-bond acceptors (Lipinski definition) is 5. The van der Waals surface area contributed by atoms with Crippen LogP contribution < -0.4 is 7.55 Å². The summed E-state index contributed by atoms with van der Waals surface area (Å²) >= 11 is 11.6. The van der Waals surface area contributed by atoms with Crippen LogP contribution in [0.25, 0.3) is 0 Å². The van der Waals surface area contributed by atoms with E-state index >= 15 is 0 Å². The van der Waals surface area contributed by atoms with Crippen LogP contribution in [0.15, 0.2) is 12.1 Å². The Kier molecular flexibility index (Phi) is 10.2. The molecule has 15 heavy (non-hydrogen) atoms. The van der Waals surface area contributed by atoms with Gasteiger partial charge in [0.1, 0.15) is 0 Å². The summed E-state index contributed by atoms with van der Waals surface area (Å²) in [4.78, 5) is 0. The molecule has 0 bridgehead atoms. The predicted octanol–water partition coefficient (Wildman–Crippen LogP) is 1.56. The van der Waals surface area contributed by atoms with E-state index in [1.54, 1.807) is 7.55 Å². The zero-order valence-corrected chi connectivity index (χ0v) is 15.6. The Morgan fingerprint density at radius 2 is 1.47 bits per heavy atom. The van der Waals surface area contributed by atoms with Crippen molar-refractivity contribution in [1.29, 1.82) is 0 Å². The molecule has 0 saturated carbocycles. The summed E-state index contributed by atoms with van der Waals surface area (Å²) in [5.41, 5.74) is 0. The Hall–Kier alpha value is 2.14. The molecule has 0 saturated heterocycles. The third-order valence-electron chi connectivity index (χ3n) is 1.19. The SMILES string of the molecule is SCCS[Se]c1ccc([Se]SCCS)s1. The molecule has 1 heterocycles. The Balaban J connectivity index is 2.23. The van der Waals surface area contributed by atoms with E-state index in [4.69, 9.17) is 0 Å². The van der Waals surface area contributed by atoms with Gasteiger partial charge in [0.05, 0.1) is 0 Å². The zero-order chi connectivity index (χ0) is 10.9. The Morgan fingerprint density at radius 3 is 1.87 bits per heavy atom.